The highest BCUT2D eigenvalue weighted by atomic mass is 16.6. The van der Waals surface area contributed by atoms with Gasteiger partial charge in [-0.25, -0.2) is 4.79 Å². The summed E-state index contributed by atoms with van der Waals surface area (Å²) in [4.78, 5) is 29.8. The van der Waals surface area contributed by atoms with Crippen LogP contribution in [0.5, 0.6) is 0 Å². The van der Waals surface area contributed by atoms with Gasteiger partial charge in [0.05, 0.1) is 13.2 Å². The van der Waals surface area contributed by atoms with Gasteiger partial charge in [-0.3, -0.25) is 4.79 Å². The zero-order valence-corrected chi connectivity index (χ0v) is 21.5. The van der Waals surface area contributed by atoms with E-state index in [1.165, 1.54) is 10.9 Å². The van der Waals surface area contributed by atoms with Crippen molar-refractivity contribution in [3.05, 3.63) is 36.0 Å². The second kappa shape index (κ2) is 11.0. The Bertz CT molecular complexity index is 1020. The Morgan fingerprint density at radius 3 is 2.66 bits per heavy atom. The summed E-state index contributed by atoms with van der Waals surface area (Å²) in [6.07, 6.45) is 5.18. The van der Waals surface area contributed by atoms with Crippen molar-refractivity contribution in [3.8, 4) is 0 Å². The molecule has 8 nitrogen and oxygen atoms in total. The standard InChI is InChI=1S/C27H39N3O5/c1-27(2,3)35-26(32)29-14-16-34-24(19-29)25(31)30(21-11-12-21)18-20-17-28(13-7-8-15-33-4)23-10-6-5-9-22(20)23/h5-6,9-10,17,21,24H,7-8,11-16,18-19H2,1-4H3. The highest BCUT2D eigenvalue weighted by molar-refractivity contribution is 5.86. The molecule has 1 aliphatic carbocycles. The largest absolute Gasteiger partial charge is 0.444 e. The van der Waals surface area contributed by atoms with Crippen molar-refractivity contribution < 1.29 is 23.8 Å². The molecule has 1 unspecified atom stereocenters. The molecule has 1 saturated heterocycles. The summed E-state index contributed by atoms with van der Waals surface area (Å²) in [5.74, 6) is -0.0438. The van der Waals surface area contributed by atoms with E-state index in [9.17, 15) is 9.59 Å². The van der Waals surface area contributed by atoms with E-state index in [0.29, 0.717) is 19.7 Å². The molecule has 2 fully saturated rings. The number of carbonyl (C=O) groups is 2. The van der Waals surface area contributed by atoms with Crippen LogP contribution in [0.15, 0.2) is 30.5 Å². The lowest BCUT2D eigenvalue weighted by Gasteiger charge is -2.35. The summed E-state index contributed by atoms with van der Waals surface area (Å²) < 4.78 is 18.9. The Morgan fingerprint density at radius 2 is 1.94 bits per heavy atom. The van der Waals surface area contributed by atoms with Gasteiger partial charge < -0.3 is 28.6 Å². The molecule has 8 heteroatoms. The van der Waals surface area contributed by atoms with E-state index in [4.69, 9.17) is 14.2 Å². The number of amides is 2. The molecule has 1 aliphatic heterocycles. The number of methoxy groups -OCH3 is 1. The van der Waals surface area contributed by atoms with Gasteiger partial charge in [0.25, 0.3) is 5.91 Å². The Labute approximate surface area is 208 Å². The maximum absolute atomic E-state index is 13.6. The topological polar surface area (TPSA) is 73.2 Å². The molecule has 1 aromatic heterocycles. The van der Waals surface area contributed by atoms with Crippen molar-refractivity contribution in [1.82, 2.24) is 14.4 Å². The fourth-order valence-electron chi connectivity index (χ4n) is 4.60. The normalized spacial score (nSPS) is 18.6. The number of fused-ring (bicyclic) bond motifs is 1. The molecule has 4 rings (SSSR count). The van der Waals surface area contributed by atoms with Crippen LogP contribution in [0.2, 0.25) is 0 Å². The maximum Gasteiger partial charge on any atom is 0.410 e. The minimum absolute atomic E-state index is 0.0438. The van der Waals surface area contributed by atoms with Gasteiger partial charge in [-0.2, -0.15) is 0 Å². The summed E-state index contributed by atoms with van der Waals surface area (Å²) in [5, 5.41) is 1.18. The van der Waals surface area contributed by atoms with Crippen molar-refractivity contribution in [2.75, 3.05) is 33.4 Å². The first kappa shape index (κ1) is 25.5. The van der Waals surface area contributed by atoms with Crippen LogP contribution < -0.4 is 0 Å². The van der Waals surface area contributed by atoms with Crippen LogP contribution in [0, 0.1) is 0 Å². The van der Waals surface area contributed by atoms with E-state index in [1.54, 1.807) is 12.0 Å². The predicted molar refractivity (Wildman–Crippen MR) is 134 cm³/mol. The third-order valence-electron chi connectivity index (χ3n) is 6.47. The second-order valence-electron chi connectivity index (χ2n) is 10.5. The van der Waals surface area contributed by atoms with E-state index in [0.717, 1.165) is 44.4 Å². The first-order chi connectivity index (χ1) is 16.8. The van der Waals surface area contributed by atoms with Crippen LogP contribution in [0.25, 0.3) is 10.9 Å². The third kappa shape index (κ3) is 6.55. The van der Waals surface area contributed by atoms with Crippen LogP contribution in [-0.2, 0) is 32.1 Å². The van der Waals surface area contributed by atoms with E-state index in [2.05, 4.69) is 29.0 Å². The second-order valence-corrected chi connectivity index (χ2v) is 10.5. The summed E-state index contributed by atoms with van der Waals surface area (Å²) in [5.41, 5.74) is 1.76. The molecule has 1 atom stereocenters. The quantitative estimate of drug-likeness (QED) is 0.498. The molecule has 2 aliphatic rings. The highest BCUT2D eigenvalue weighted by Gasteiger charge is 2.39. The smallest absolute Gasteiger partial charge is 0.410 e. The summed E-state index contributed by atoms with van der Waals surface area (Å²) >= 11 is 0. The van der Waals surface area contributed by atoms with Crippen LogP contribution in [-0.4, -0.2) is 77.5 Å². The lowest BCUT2D eigenvalue weighted by atomic mass is 10.1. The van der Waals surface area contributed by atoms with Crippen molar-refractivity contribution in [2.45, 2.75) is 77.3 Å². The van der Waals surface area contributed by atoms with Gasteiger partial charge >= 0.3 is 6.09 Å². The Kier molecular flexibility index (Phi) is 8.02. The lowest BCUT2D eigenvalue weighted by molar-refractivity contribution is -0.150. The maximum atomic E-state index is 13.6. The monoisotopic (exact) mass is 485 g/mol. The van der Waals surface area contributed by atoms with Gasteiger partial charge in [-0.1, -0.05) is 18.2 Å². The van der Waals surface area contributed by atoms with Gasteiger partial charge in [0.2, 0.25) is 0 Å². The number of ether oxygens (including phenoxy) is 3. The number of benzene rings is 1. The zero-order chi connectivity index (χ0) is 25.0. The minimum atomic E-state index is -0.667. The molecule has 2 amide bonds. The Balaban J connectivity index is 1.48. The first-order valence-corrected chi connectivity index (χ1v) is 12.7. The van der Waals surface area contributed by atoms with Crippen LogP contribution in [0.1, 0.15) is 52.0 Å². The highest BCUT2D eigenvalue weighted by Crippen LogP contribution is 2.32. The Morgan fingerprint density at radius 1 is 1.17 bits per heavy atom. The SMILES string of the molecule is COCCCCn1cc(CN(C(=O)C2CN(C(=O)OC(C)(C)C)CCO2)C2CC2)c2ccccc21. The molecule has 0 spiro atoms. The molecule has 0 bridgehead atoms. The van der Waals surface area contributed by atoms with E-state index < -0.39 is 17.8 Å². The van der Waals surface area contributed by atoms with E-state index in [1.807, 2.05) is 31.7 Å². The van der Waals surface area contributed by atoms with Crippen LogP contribution in [0.4, 0.5) is 4.79 Å². The first-order valence-electron chi connectivity index (χ1n) is 12.7. The number of para-hydroxylation sites is 1. The minimum Gasteiger partial charge on any atom is -0.444 e. The molecule has 0 N–H and O–H groups in total. The van der Waals surface area contributed by atoms with Gasteiger partial charge in [-0.05, 0) is 58.1 Å². The average Bonchev–Trinajstić information content (AvgIpc) is 3.61. The molecule has 2 aromatic rings. The molecule has 1 saturated carbocycles. The average molecular weight is 486 g/mol. The number of morpholine rings is 1. The zero-order valence-electron chi connectivity index (χ0n) is 21.5. The Hall–Kier alpha value is -2.58. The van der Waals surface area contributed by atoms with Crippen molar-refractivity contribution in [1.29, 1.82) is 0 Å². The fraction of sp³-hybridized carbons (Fsp3) is 0.630. The summed E-state index contributed by atoms with van der Waals surface area (Å²) in [6.45, 7) is 8.73. The fourth-order valence-corrected chi connectivity index (χ4v) is 4.60. The predicted octanol–water partition coefficient (Wildman–Crippen LogP) is 4.19. The van der Waals surface area contributed by atoms with E-state index >= 15 is 0 Å². The van der Waals surface area contributed by atoms with Gasteiger partial charge in [0.1, 0.15) is 5.60 Å². The molecular formula is C27H39N3O5. The van der Waals surface area contributed by atoms with Crippen molar-refractivity contribution >= 4 is 22.9 Å². The van der Waals surface area contributed by atoms with E-state index in [-0.39, 0.29) is 18.5 Å². The summed E-state index contributed by atoms with van der Waals surface area (Å²) in [7, 11) is 1.73. The molecule has 35 heavy (non-hydrogen) atoms. The number of rotatable bonds is 9. The molecule has 1 aromatic carbocycles. The molecule has 2 heterocycles. The van der Waals surface area contributed by atoms with Gasteiger partial charge in [-0.15, -0.1) is 0 Å². The number of nitrogens with zero attached hydrogens (tertiary/aromatic N) is 3. The number of aryl methyl sites for hydroxylation is 1. The van der Waals surface area contributed by atoms with Crippen LogP contribution >= 0.6 is 0 Å². The van der Waals surface area contributed by atoms with Crippen LogP contribution in [0.3, 0.4) is 0 Å². The number of hydrogen-bond donors (Lipinski definition) is 0. The number of hydrogen-bond acceptors (Lipinski definition) is 5. The van der Waals surface area contributed by atoms with Gasteiger partial charge in [0, 0.05) is 56.5 Å². The summed E-state index contributed by atoms with van der Waals surface area (Å²) in [6, 6.07) is 8.61. The van der Waals surface area contributed by atoms with Crippen molar-refractivity contribution in [3.63, 3.8) is 0 Å². The number of unbranched alkanes of at least 4 members (excludes halogenated alkanes) is 1. The number of aromatic nitrogens is 1. The molecular weight excluding hydrogens is 446 g/mol. The number of carbonyl (C=O) groups excluding carboxylic acids is 2. The lowest BCUT2D eigenvalue weighted by Crippen LogP contribution is -2.53. The molecule has 0 radical (unpaired) electrons. The van der Waals surface area contributed by atoms with Gasteiger partial charge in [0.15, 0.2) is 6.10 Å². The van der Waals surface area contributed by atoms with Crippen molar-refractivity contribution in [2.24, 2.45) is 0 Å². The molecule has 192 valence electrons. The third-order valence-corrected chi connectivity index (χ3v) is 6.47.